The molecule has 0 aliphatic heterocycles. The molecule has 1 aliphatic rings. The van der Waals surface area contributed by atoms with Crippen molar-refractivity contribution in [3.8, 4) is 5.75 Å². The molecule has 110 valence electrons. The van der Waals surface area contributed by atoms with E-state index in [1.54, 1.807) is 19.2 Å². The van der Waals surface area contributed by atoms with Crippen molar-refractivity contribution < 1.29 is 9.13 Å². The Kier molecular flexibility index (Phi) is 6.29. The summed E-state index contributed by atoms with van der Waals surface area (Å²) in [7, 11) is 1.78. The Morgan fingerprint density at radius 2 is 2.10 bits per heavy atom. The zero-order chi connectivity index (χ0) is 15.1. The van der Waals surface area contributed by atoms with Crippen LogP contribution in [0.5, 0.6) is 5.75 Å². The van der Waals surface area contributed by atoms with Gasteiger partial charge in [-0.1, -0.05) is 33.1 Å². The molecule has 1 fully saturated rings. The van der Waals surface area contributed by atoms with Crippen LogP contribution in [-0.2, 0) is 0 Å². The van der Waals surface area contributed by atoms with Gasteiger partial charge in [0.05, 0.1) is 6.61 Å². The zero-order valence-corrected chi connectivity index (χ0v) is 12.6. The van der Waals surface area contributed by atoms with Gasteiger partial charge in [-0.2, -0.15) is 0 Å². The first-order valence-electron chi connectivity index (χ1n) is 7.12. The van der Waals surface area contributed by atoms with Crippen molar-refractivity contribution >= 4 is 11.8 Å². The van der Waals surface area contributed by atoms with Crippen molar-refractivity contribution in [3.63, 3.8) is 0 Å². The highest BCUT2D eigenvalue weighted by molar-refractivity contribution is 5.75. The van der Waals surface area contributed by atoms with Crippen LogP contribution in [0.25, 0.3) is 11.8 Å². The van der Waals surface area contributed by atoms with Crippen molar-refractivity contribution in [2.45, 2.75) is 26.7 Å². The van der Waals surface area contributed by atoms with Gasteiger partial charge in [0.25, 0.3) is 0 Å². The van der Waals surface area contributed by atoms with Gasteiger partial charge in [0.2, 0.25) is 0 Å². The van der Waals surface area contributed by atoms with Crippen LogP contribution in [-0.4, -0.2) is 13.7 Å². The van der Waals surface area contributed by atoms with E-state index in [-0.39, 0.29) is 11.6 Å². The van der Waals surface area contributed by atoms with E-state index < -0.39 is 0 Å². The summed E-state index contributed by atoms with van der Waals surface area (Å²) in [5, 5.41) is 2.96. The quantitative estimate of drug-likeness (QED) is 0.828. The van der Waals surface area contributed by atoms with E-state index in [9.17, 15) is 4.39 Å². The molecule has 1 aromatic carbocycles. The summed E-state index contributed by atoms with van der Waals surface area (Å²) in [6.07, 6.45) is 3.96. The minimum atomic E-state index is -0.349. The lowest BCUT2D eigenvalue weighted by Gasteiger charge is -2.15. The first-order valence-corrected chi connectivity index (χ1v) is 7.12. The molecule has 0 unspecified atom stereocenters. The molecule has 1 aromatic rings. The third-order valence-corrected chi connectivity index (χ3v) is 3.14. The monoisotopic (exact) mass is 277 g/mol. The Bertz CT molecular complexity index is 478. The molecule has 3 heteroatoms. The highest BCUT2D eigenvalue weighted by atomic mass is 19.1. The number of nitrogens with one attached hydrogen (secondary N) is 1. The number of ether oxygens (including phenoxy) is 1. The Hall–Kier alpha value is -1.77. The summed E-state index contributed by atoms with van der Waals surface area (Å²) in [6, 6.07) is 3.10. The van der Waals surface area contributed by atoms with E-state index >= 15 is 0 Å². The summed E-state index contributed by atoms with van der Waals surface area (Å²) in [6.45, 7) is 12.2. The van der Waals surface area contributed by atoms with E-state index in [1.807, 2.05) is 13.8 Å². The Morgan fingerprint density at radius 3 is 2.60 bits per heavy atom. The van der Waals surface area contributed by atoms with E-state index in [0.717, 1.165) is 11.3 Å². The Morgan fingerprint density at radius 1 is 1.45 bits per heavy atom. The number of hydrogen-bond acceptors (Lipinski definition) is 2. The predicted molar refractivity (Wildman–Crippen MR) is 84.2 cm³/mol. The highest BCUT2D eigenvalue weighted by Crippen LogP contribution is 2.34. The predicted octanol–water partition coefficient (Wildman–Crippen LogP) is 4.47. The van der Waals surface area contributed by atoms with Crippen LogP contribution in [0.2, 0.25) is 0 Å². The van der Waals surface area contributed by atoms with Gasteiger partial charge in [0, 0.05) is 23.9 Å². The number of benzene rings is 1. The molecule has 0 amide bonds. The first-order chi connectivity index (χ1) is 9.67. The molecule has 0 atom stereocenters. The van der Waals surface area contributed by atoms with Gasteiger partial charge in [-0.3, -0.25) is 0 Å². The number of rotatable bonds is 6. The maximum atomic E-state index is 13.8. The molecular formula is C17H24FNO. The van der Waals surface area contributed by atoms with Crippen LogP contribution in [0.3, 0.4) is 0 Å². The zero-order valence-electron chi connectivity index (χ0n) is 12.6. The lowest BCUT2D eigenvalue weighted by Crippen LogP contribution is -2.08. The molecule has 0 heterocycles. The molecule has 1 aliphatic carbocycles. The molecule has 0 bridgehead atoms. The van der Waals surface area contributed by atoms with Gasteiger partial charge in [-0.15, -0.1) is 0 Å². The molecule has 20 heavy (non-hydrogen) atoms. The minimum absolute atomic E-state index is 0.283. The molecule has 0 aromatic heterocycles. The Labute approximate surface area is 121 Å². The molecule has 1 saturated carbocycles. The molecule has 0 radical (unpaired) electrons. The average Bonchev–Trinajstić information content (AvgIpc) is 3.31. The van der Waals surface area contributed by atoms with Crippen LogP contribution < -0.4 is 10.1 Å². The lowest BCUT2D eigenvalue weighted by molar-refractivity contribution is 0.284. The van der Waals surface area contributed by atoms with Gasteiger partial charge in [-0.25, -0.2) is 4.39 Å². The maximum absolute atomic E-state index is 13.8. The average molecular weight is 277 g/mol. The second-order valence-corrected chi connectivity index (χ2v) is 4.52. The summed E-state index contributed by atoms with van der Waals surface area (Å²) in [4.78, 5) is 0. The SMILES string of the molecule is C=Cc1c(C(=C)NC)ccc(F)c1OCC1CC1.CC. The lowest BCUT2D eigenvalue weighted by atomic mass is 10.0. The maximum Gasteiger partial charge on any atom is 0.165 e. The van der Waals surface area contributed by atoms with Crippen molar-refractivity contribution in [3.05, 3.63) is 42.2 Å². The van der Waals surface area contributed by atoms with Crippen LogP contribution in [0.1, 0.15) is 37.8 Å². The van der Waals surface area contributed by atoms with Gasteiger partial charge < -0.3 is 10.1 Å². The van der Waals surface area contributed by atoms with Crippen molar-refractivity contribution in [2.75, 3.05) is 13.7 Å². The number of hydrogen-bond donors (Lipinski definition) is 1. The fraction of sp³-hybridized carbons (Fsp3) is 0.412. The van der Waals surface area contributed by atoms with Gasteiger partial charge in [0.15, 0.2) is 11.6 Å². The summed E-state index contributed by atoms with van der Waals surface area (Å²) < 4.78 is 19.4. The van der Waals surface area contributed by atoms with Crippen LogP contribution in [0, 0.1) is 11.7 Å². The van der Waals surface area contributed by atoms with Crippen LogP contribution in [0.15, 0.2) is 25.3 Å². The molecule has 0 spiro atoms. The second kappa shape index (κ2) is 7.73. The third-order valence-electron chi connectivity index (χ3n) is 3.14. The molecule has 2 rings (SSSR count). The summed E-state index contributed by atoms with van der Waals surface area (Å²) in [5.41, 5.74) is 2.20. The standard InChI is InChI=1S/C15H18FNO.C2H6/c1-4-12-13(10(2)17-3)7-8-14(16)15(12)18-9-11-5-6-11;1-2/h4,7-8,11,17H,1-2,5-6,9H2,3H3;1-2H3. The summed E-state index contributed by atoms with van der Waals surface area (Å²) >= 11 is 0. The summed E-state index contributed by atoms with van der Waals surface area (Å²) in [5.74, 6) is 0.516. The van der Waals surface area contributed by atoms with Crippen molar-refractivity contribution in [1.29, 1.82) is 0 Å². The fourth-order valence-electron chi connectivity index (χ4n) is 1.81. The van der Waals surface area contributed by atoms with Gasteiger partial charge >= 0.3 is 0 Å². The normalized spacial score (nSPS) is 13.0. The van der Waals surface area contributed by atoms with Crippen LogP contribution >= 0.6 is 0 Å². The topological polar surface area (TPSA) is 21.3 Å². The first kappa shape index (κ1) is 16.3. The van der Waals surface area contributed by atoms with Crippen LogP contribution in [0.4, 0.5) is 4.39 Å². The number of halogens is 1. The Balaban J connectivity index is 0.000000956. The van der Waals surface area contributed by atoms with Crippen molar-refractivity contribution in [2.24, 2.45) is 5.92 Å². The van der Waals surface area contributed by atoms with Gasteiger partial charge in [-0.05, 0) is 30.9 Å². The van der Waals surface area contributed by atoms with Gasteiger partial charge in [0.1, 0.15) is 0 Å². The molecule has 2 nitrogen and oxygen atoms in total. The molecule has 1 N–H and O–H groups in total. The smallest absolute Gasteiger partial charge is 0.165 e. The molecule has 0 saturated heterocycles. The molecular weight excluding hydrogens is 253 g/mol. The van der Waals surface area contributed by atoms with E-state index in [0.29, 0.717) is 18.1 Å². The fourth-order valence-corrected chi connectivity index (χ4v) is 1.81. The van der Waals surface area contributed by atoms with E-state index in [1.165, 1.54) is 18.9 Å². The largest absolute Gasteiger partial charge is 0.490 e. The third kappa shape index (κ3) is 3.86. The van der Waals surface area contributed by atoms with E-state index in [2.05, 4.69) is 18.5 Å². The second-order valence-electron chi connectivity index (χ2n) is 4.52. The van der Waals surface area contributed by atoms with E-state index in [4.69, 9.17) is 4.74 Å². The minimum Gasteiger partial charge on any atom is -0.490 e. The highest BCUT2D eigenvalue weighted by Gasteiger charge is 2.23. The van der Waals surface area contributed by atoms with Crippen molar-refractivity contribution in [1.82, 2.24) is 5.32 Å².